The van der Waals surface area contributed by atoms with Crippen molar-refractivity contribution < 1.29 is 9.47 Å². The van der Waals surface area contributed by atoms with Crippen LogP contribution >= 0.6 is 0 Å². The highest BCUT2D eigenvalue weighted by Gasteiger charge is 2.45. The third-order valence-corrected chi connectivity index (χ3v) is 6.04. The molecule has 0 aromatic heterocycles. The van der Waals surface area contributed by atoms with Crippen LogP contribution < -0.4 is 4.74 Å². The quantitative estimate of drug-likeness (QED) is 0.842. The van der Waals surface area contributed by atoms with Crippen LogP contribution in [0.5, 0.6) is 5.75 Å². The van der Waals surface area contributed by atoms with Gasteiger partial charge in [-0.25, -0.2) is 0 Å². The molecule has 4 rings (SSSR count). The largest absolute Gasteiger partial charge is 0.474 e. The molecule has 1 saturated heterocycles. The minimum absolute atomic E-state index is 0.148. The molecule has 0 aliphatic carbocycles. The zero-order valence-corrected chi connectivity index (χ0v) is 14.8. The third-order valence-electron chi connectivity index (χ3n) is 6.04. The lowest BCUT2D eigenvalue weighted by atomic mass is 9.72. The van der Waals surface area contributed by atoms with Gasteiger partial charge in [-0.05, 0) is 30.2 Å². The van der Waals surface area contributed by atoms with Crippen LogP contribution in [0.4, 0.5) is 0 Å². The Hall–Kier alpha value is -1.58. The summed E-state index contributed by atoms with van der Waals surface area (Å²) in [5, 5.41) is 2.51. The van der Waals surface area contributed by atoms with Crippen molar-refractivity contribution in [2.24, 2.45) is 5.41 Å². The van der Waals surface area contributed by atoms with E-state index >= 15 is 0 Å². The number of hydrogen-bond donors (Lipinski definition) is 0. The summed E-state index contributed by atoms with van der Waals surface area (Å²) in [6.07, 6.45) is 3.52. The lowest BCUT2D eigenvalue weighted by Crippen LogP contribution is -2.57. The maximum absolute atomic E-state index is 6.75. The van der Waals surface area contributed by atoms with Crippen LogP contribution in [0.2, 0.25) is 0 Å². The standard InChI is InChI=1S/C21H27NO2/c1-3-21(4-2)15-17-10-9-16-7-5-6-8-18(16)19(17)24-20(21)22-11-13-23-14-12-22/h5-10,20H,3-4,11-15H2,1-2H3. The monoisotopic (exact) mass is 325 g/mol. The lowest BCUT2D eigenvalue weighted by molar-refractivity contribution is -0.120. The molecule has 24 heavy (non-hydrogen) atoms. The van der Waals surface area contributed by atoms with Crippen LogP contribution in [-0.4, -0.2) is 37.4 Å². The van der Waals surface area contributed by atoms with E-state index in [9.17, 15) is 0 Å². The van der Waals surface area contributed by atoms with E-state index in [0.717, 1.165) is 51.3 Å². The highest BCUT2D eigenvalue weighted by molar-refractivity contribution is 5.89. The molecule has 2 aliphatic heterocycles. The Morgan fingerprint density at radius 1 is 1.04 bits per heavy atom. The molecule has 0 bridgehead atoms. The number of benzene rings is 2. The lowest BCUT2D eigenvalue weighted by Gasteiger charge is -2.49. The molecule has 3 heteroatoms. The van der Waals surface area contributed by atoms with Crippen molar-refractivity contribution in [3.8, 4) is 5.75 Å². The Morgan fingerprint density at radius 2 is 1.79 bits per heavy atom. The average Bonchev–Trinajstić information content (AvgIpc) is 2.67. The fourth-order valence-electron chi connectivity index (χ4n) is 4.39. The topological polar surface area (TPSA) is 21.7 Å². The molecule has 1 unspecified atom stereocenters. The highest BCUT2D eigenvalue weighted by Crippen LogP contribution is 2.47. The van der Waals surface area contributed by atoms with Crippen molar-refractivity contribution in [2.75, 3.05) is 26.3 Å². The summed E-state index contributed by atoms with van der Waals surface area (Å²) >= 11 is 0. The second-order valence-electron chi connectivity index (χ2n) is 7.14. The van der Waals surface area contributed by atoms with Gasteiger partial charge in [-0.3, -0.25) is 4.90 Å². The van der Waals surface area contributed by atoms with Gasteiger partial charge in [0.15, 0.2) is 6.23 Å². The molecule has 128 valence electrons. The molecule has 0 amide bonds. The number of hydrogen-bond acceptors (Lipinski definition) is 3. The first kappa shape index (κ1) is 15.9. The van der Waals surface area contributed by atoms with Crippen LogP contribution in [0.25, 0.3) is 10.8 Å². The molecule has 0 spiro atoms. The summed E-state index contributed by atoms with van der Waals surface area (Å²) in [4.78, 5) is 2.50. The maximum Gasteiger partial charge on any atom is 0.158 e. The van der Waals surface area contributed by atoms with Gasteiger partial charge in [0, 0.05) is 23.9 Å². The van der Waals surface area contributed by atoms with Crippen molar-refractivity contribution in [3.05, 3.63) is 42.0 Å². The van der Waals surface area contributed by atoms with Gasteiger partial charge in [-0.2, -0.15) is 0 Å². The van der Waals surface area contributed by atoms with E-state index in [1.807, 2.05) is 0 Å². The van der Waals surface area contributed by atoms with Crippen molar-refractivity contribution >= 4 is 10.8 Å². The normalized spacial score (nSPS) is 23.7. The van der Waals surface area contributed by atoms with Crippen molar-refractivity contribution in [2.45, 2.75) is 39.3 Å². The zero-order chi connectivity index (χ0) is 16.6. The molecule has 0 radical (unpaired) electrons. The third kappa shape index (κ3) is 2.51. The Kier molecular flexibility index (Phi) is 4.23. The van der Waals surface area contributed by atoms with E-state index in [1.54, 1.807) is 0 Å². The van der Waals surface area contributed by atoms with Crippen molar-refractivity contribution in [3.63, 3.8) is 0 Å². The molecule has 2 aromatic carbocycles. The molecular weight excluding hydrogens is 298 g/mol. The van der Waals surface area contributed by atoms with Crippen LogP contribution in [0.3, 0.4) is 0 Å². The minimum atomic E-state index is 0.148. The van der Waals surface area contributed by atoms with Gasteiger partial charge in [0.25, 0.3) is 0 Å². The van der Waals surface area contributed by atoms with Crippen molar-refractivity contribution in [1.29, 1.82) is 0 Å². The summed E-state index contributed by atoms with van der Waals surface area (Å²) in [5.74, 6) is 1.10. The summed E-state index contributed by atoms with van der Waals surface area (Å²) in [7, 11) is 0. The van der Waals surface area contributed by atoms with Crippen LogP contribution in [0.1, 0.15) is 32.3 Å². The number of rotatable bonds is 3. The van der Waals surface area contributed by atoms with E-state index in [2.05, 4.69) is 55.1 Å². The zero-order valence-electron chi connectivity index (χ0n) is 14.8. The van der Waals surface area contributed by atoms with E-state index < -0.39 is 0 Å². The first-order valence-corrected chi connectivity index (χ1v) is 9.26. The fourth-order valence-corrected chi connectivity index (χ4v) is 4.39. The first-order valence-electron chi connectivity index (χ1n) is 9.26. The van der Waals surface area contributed by atoms with Gasteiger partial charge >= 0.3 is 0 Å². The molecule has 0 saturated carbocycles. The molecule has 3 nitrogen and oxygen atoms in total. The number of ether oxygens (including phenoxy) is 2. The minimum Gasteiger partial charge on any atom is -0.474 e. The highest BCUT2D eigenvalue weighted by atomic mass is 16.5. The number of fused-ring (bicyclic) bond motifs is 3. The molecule has 2 heterocycles. The fraction of sp³-hybridized carbons (Fsp3) is 0.524. The summed E-state index contributed by atoms with van der Waals surface area (Å²) in [6.45, 7) is 8.18. The Morgan fingerprint density at radius 3 is 2.54 bits per heavy atom. The molecular formula is C21H27NO2. The van der Waals surface area contributed by atoms with Crippen LogP contribution in [0, 0.1) is 5.41 Å². The van der Waals surface area contributed by atoms with Gasteiger partial charge in [0.1, 0.15) is 5.75 Å². The Balaban J connectivity index is 1.80. The van der Waals surface area contributed by atoms with Gasteiger partial charge in [-0.1, -0.05) is 50.2 Å². The second-order valence-corrected chi connectivity index (χ2v) is 7.14. The number of morpholine rings is 1. The van der Waals surface area contributed by atoms with Crippen molar-refractivity contribution in [1.82, 2.24) is 4.90 Å². The summed E-state index contributed by atoms with van der Waals surface area (Å²) in [5.41, 5.74) is 1.55. The summed E-state index contributed by atoms with van der Waals surface area (Å²) < 4.78 is 12.3. The molecule has 2 aromatic rings. The van der Waals surface area contributed by atoms with Gasteiger partial charge < -0.3 is 9.47 Å². The van der Waals surface area contributed by atoms with Gasteiger partial charge in [0.05, 0.1) is 13.2 Å². The predicted octanol–water partition coefficient (Wildman–Crippen LogP) is 4.24. The molecule has 1 atom stereocenters. The first-order chi connectivity index (χ1) is 11.8. The number of nitrogens with zero attached hydrogens (tertiary/aromatic N) is 1. The van der Waals surface area contributed by atoms with E-state index in [-0.39, 0.29) is 11.6 Å². The van der Waals surface area contributed by atoms with E-state index in [0.29, 0.717) is 0 Å². The summed E-state index contributed by atoms with van der Waals surface area (Å²) in [6, 6.07) is 13.1. The molecule has 1 fully saturated rings. The van der Waals surface area contributed by atoms with Gasteiger partial charge in [-0.15, -0.1) is 0 Å². The second kappa shape index (κ2) is 6.38. The Labute approximate surface area is 144 Å². The van der Waals surface area contributed by atoms with Crippen LogP contribution in [-0.2, 0) is 11.2 Å². The molecule has 2 aliphatic rings. The predicted molar refractivity (Wildman–Crippen MR) is 97.5 cm³/mol. The van der Waals surface area contributed by atoms with Crippen LogP contribution in [0.15, 0.2) is 36.4 Å². The SMILES string of the molecule is CCC1(CC)Cc2ccc3ccccc3c2OC1N1CCOCC1. The molecule has 0 N–H and O–H groups in total. The average molecular weight is 325 g/mol. The Bertz CT molecular complexity index is 717. The van der Waals surface area contributed by atoms with E-state index in [4.69, 9.17) is 9.47 Å². The van der Waals surface area contributed by atoms with Gasteiger partial charge in [0.2, 0.25) is 0 Å². The maximum atomic E-state index is 6.75. The smallest absolute Gasteiger partial charge is 0.158 e. The van der Waals surface area contributed by atoms with E-state index in [1.165, 1.54) is 16.3 Å².